The van der Waals surface area contributed by atoms with Crippen molar-refractivity contribution in [3.05, 3.63) is 65.2 Å². The minimum absolute atomic E-state index is 0.237. The maximum Gasteiger partial charge on any atom is 0.225 e. The summed E-state index contributed by atoms with van der Waals surface area (Å²) in [5.74, 6) is 1.29. The van der Waals surface area contributed by atoms with Crippen molar-refractivity contribution in [3.8, 4) is 11.3 Å². The zero-order valence-corrected chi connectivity index (χ0v) is 15.3. The van der Waals surface area contributed by atoms with E-state index in [1.807, 2.05) is 61.5 Å². The quantitative estimate of drug-likeness (QED) is 0.621. The van der Waals surface area contributed by atoms with Gasteiger partial charge in [0.1, 0.15) is 5.82 Å². The molecule has 0 aliphatic heterocycles. The van der Waals surface area contributed by atoms with Crippen LogP contribution in [0.1, 0.15) is 19.4 Å². The van der Waals surface area contributed by atoms with Crippen LogP contribution in [0, 0.1) is 6.92 Å². The van der Waals surface area contributed by atoms with Crippen molar-refractivity contribution in [3.63, 3.8) is 0 Å². The molecule has 2 aromatic carbocycles. The van der Waals surface area contributed by atoms with Crippen LogP contribution in [0.25, 0.3) is 11.3 Å². The number of rotatable bonds is 5. The summed E-state index contributed by atoms with van der Waals surface area (Å²) < 4.78 is 0. The molecule has 5 heteroatoms. The van der Waals surface area contributed by atoms with E-state index < -0.39 is 0 Å². The van der Waals surface area contributed by atoms with Crippen molar-refractivity contribution in [1.29, 1.82) is 0 Å². The second-order valence-corrected chi connectivity index (χ2v) is 6.59. The molecule has 0 unspecified atom stereocenters. The van der Waals surface area contributed by atoms with Crippen molar-refractivity contribution < 1.29 is 0 Å². The SMILES string of the molecule is Cc1cccc(Cl)c1Nc1cc(-c2ccccc2)nc(NC(C)C)n1. The van der Waals surface area contributed by atoms with Gasteiger partial charge >= 0.3 is 0 Å². The zero-order chi connectivity index (χ0) is 17.8. The molecule has 4 nitrogen and oxygen atoms in total. The topological polar surface area (TPSA) is 49.8 Å². The molecule has 1 heterocycles. The first-order chi connectivity index (χ1) is 12.0. The molecule has 128 valence electrons. The average Bonchev–Trinajstić information content (AvgIpc) is 2.58. The average molecular weight is 353 g/mol. The Bertz CT molecular complexity index is 843. The molecule has 0 saturated carbocycles. The van der Waals surface area contributed by atoms with Gasteiger partial charge in [0.15, 0.2) is 0 Å². The van der Waals surface area contributed by atoms with E-state index in [1.165, 1.54) is 0 Å². The molecule has 0 atom stereocenters. The number of nitrogens with one attached hydrogen (secondary N) is 2. The molecule has 0 bridgehead atoms. The van der Waals surface area contributed by atoms with Gasteiger partial charge in [-0.2, -0.15) is 4.98 Å². The lowest BCUT2D eigenvalue weighted by Gasteiger charge is -2.15. The first-order valence-corrected chi connectivity index (χ1v) is 8.64. The van der Waals surface area contributed by atoms with Crippen molar-refractivity contribution in [1.82, 2.24) is 9.97 Å². The molecule has 2 N–H and O–H groups in total. The monoisotopic (exact) mass is 352 g/mol. The molecule has 0 spiro atoms. The van der Waals surface area contributed by atoms with E-state index in [1.54, 1.807) is 0 Å². The van der Waals surface area contributed by atoms with E-state index in [-0.39, 0.29) is 6.04 Å². The van der Waals surface area contributed by atoms with Gasteiger partial charge in [-0.25, -0.2) is 4.98 Å². The Kier molecular flexibility index (Phi) is 5.19. The van der Waals surface area contributed by atoms with Gasteiger partial charge in [-0.1, -0.05) is 54.1 Å². The van der Waals surface area contributed by atoms with Gasteiger partial charge in [-0.15, -0.1) is 0 Å². The Morgan fingerprint density at radius 2 is 1.72 bits per heavy atom. The van der Waals surface area contributed by atoms with Gasteiger partial charge in [0.05, 0.1) is 16.4 Å². The Morgan fingerprint density at radius 3 is 2.40 bits per heavy atom. The summed E-state index contributed by atoms with van der Waals surface area (Å²) in [7, 11) is 0. The van der Waals surface area contributed by atoms with Crippen LogP contribution in [0.2, 0.25) is 5.02 Å². The minimum atomic E-state index is 0.237. The summed E-state index contributed by atoms with van der Waals surface area (Å²) in [4.78, 5) is 9.22. The highest BCUT2D eigenvalue weighted by molar-refractivity contribution is 6.33. The van der Waals surface area contributed by atoms with E-state index in [9.17, 15) is 0 Å². The summed E-state index contributed by atoms with van der Waals surface area (Å²) in [6, 6.07) is 18.0. The molecular weight excluding hydrogens is 332 g/mol. The molecule has 0 fully saturated rings. The number of anilines is 3. The third kappa shape index (κ3) is 4.28. The third-order valence-electron chi connectivity index (χ3n) is 3.69. The predicted octanol–water partition coefficient (Wildman–Crippen LogP) is 5.67. The van der Waals surface area contributed by atoms with Gasteiger partial charge in [0, 0.05) is 17.7 Å². The fraction of sp³-hybridized carbons (Fsp3) is 0.200. The Morgan fingerprint density at radius 1 is 0.960 bits per heavy atom. The second kappa shape index (κ2) is 7.53. The van der Waals surface area contributed by atoms with Crippen LogP contribution >= 0.6 is 11.6 Å². The van der Waals surface area contributed by atoms with Crippen molar-refractivity contribution in [2.75, 3.05) is 10.6 Å². The van der Waals surface area contributed by atoms with E-state index >= 15 is 0 Å². The summed E-state index contributed by atoms with van der Waals surface area (Å²) in [6.45, 7) is 6.13. The molecule has 0 radical (unpaired) electrons. The van der Waals surface area contributed by atoms with Crippen LogP contribution in [0.5, 0.6) is 0 Å². The third-order valence-corrected chi connectivity index (χ3v) is 4.00. The van der Waals surface area contributed by atoms with Crippen LogP contribution in [-0.2, 0) is 0 Å². The Labute approximate surface area is 153 Å². The summed E-state index contributed by atoms with van der Waals surface area (Å²) in [5, 5.41) is 7.28. The van der Waals surface area contributed by atoms with E-state index in [0.29, 0.717) is 16.8 Å². The van der Waals surface area contributed by atoms with Gasteiger partial charge < -0.3 is 10.6 Å². The fourth-order valence-corrected chi connectivity index (χ4v) is 2.78. The number of benzene rings is 2. The number of para-hydroxylation sites is 1. The van der Waals surface area contributed by atoms with Crippen molar-refractivity contribution >= 4 is 29.1 Å². The number of aromatic nitrogens is 2. The van der Waals surface area contributed by atoms with E-state index in [0.717, 1.165) is 22.5 Å². The summed E-state index contributed by atoms with van der Waals surface area (Å²) in [6.07, 6.45) is 0. The highest BCUT2D eigenvalue weighted by Crippen LogP contribution is 2.30. The minimum Gasteiger partial charge on any atom is -0.352 e. The second-order valence-electron chi connectivity index (χ2n) is 6.18. The number of aryl methyl sites for hydroxylation is 1. The van der Waals surface area contributed by atoms with Crippen molar-refractivity contribution in [2.45, 2.75) is 26.8 Å². The number of halogens is 1. The highest BCUT2D eigenvalue weighted by atomic mass is 35.5. The smallest absolute Gasteiger partial charge is 0.225 e. The molecule has 3 aromatic rings. The van der Waals surface area contributed by atoms with E-state index in [2.05, 4.69) is 34.4 Å². The summed E-state index contributed by atoms with van der Waals surface area (Å²) in [5.41, 5.74) is 3.81. The van der Waals surface area contributed by atoms with Crippen LogP contribution in [-0.4, -0.2) is 16.0 Å². The Hall–Kier alpha value is -2.59. The zero-order valence-electron chi connectivity index (χ0n) is 14.5. The van der Waals surface area contributed by atoms with Crippen LogP contribution in [0.4, 0.5) is 17.5 Å². The first kappa shape index (κ1) is 17.2. The van der Waals surface area contributed by atoms with Gasteiger partial charge in [-0.05, 0) is 32.4 Å². The number of hydrogen-bond acceptors (Lipinski definition) is 4. The molecule has 0 saturated heterocycles. The van der Waals surface area contributed by atoms with Gasteiger partial charge in [0.25, 0.3) is 0 Å². The first-order valence-electron chi connectivity index (χ1n) is 8.26. The summed E-state index contributed by atoms with van der Waals surface area (Å²) >= 11 is 6.34. The lowest BCUT2D eigenvalue weighted by Crippen LogP contribution is -2.13. The number of hydrogen-bond donors (Lipinski definition) is 2. The van der Waals surface area contributed by atoms with Crippen LogP contribution in [0.3, 0.4) is 0 Å². The normalized spacial score (nSPS) is 10.8. The fourth-order valence-electron chi connectivity index (χ4n) is 2.51. The molecular formula is C20H21ClN4. The lowest BCUT2D eigenvalue weighted by atomic mass is 10.1. The molecule has 0 aliphatic rings. The maximum atomic E-state index is 6.34. The maximum absolute atomic E-state index is 6.34. The molecule has 0 aliphatic carbocycles. The highest BCUT2D eigenvalue weighted by Gasteiger charge is 2.10. The van der Waals surface area contributed by atoms with Gasteiger partial charge in [-0.3, -0.25) is 0 Å². The molecule has 0 amide bonds. The molecule has 3 rings (SSSR count). The van der Waals surface area contributed by atoms with Gasteiger partial charge in [0.2, 0.25) is 5.95 Å². The Balaban J connectivity index is 2.03. The van der Waals surface area contributed by atoms with Crippen molar-refractivity contribution in [2.24, 2.45) is 0 Å². The number of nitrogens with zero attached hydrogens (tertiary/aromatic N) is 2. The molecule has 25 heavy (non-hydrogen) atoms. The molecule has 1 aromatic heterocycles. The van der Waals surface area contributed by atoms with Crippen LogP contribution in [0.15, 0.2) is 54.6 Å². The predicted molar refractivity (Wildman–Crippen MR) is 106 cm³/mol. The largest absolute Gasteiger partial charge is 0.352 e. The van der Waals surface area contributed by atoms with Crippen LogP contribution < -0.4 is 10.6 Å². The standard InChI is InChI=1S/C20H21ClN4/c1-13(2)22-20-23-17(15-9-5-4-6-10-15)12-18(25-20)24-19-14(3)8-7-11-16(19)21/h4-13H,1-3H3,(H2,22,23,24,25). The van der Waals surface area contributed by atoms with E-state index in [4.69, 9.17) is 11.6 Å². The lowest BCUT2D eigenvalue weighted by molar-refractivity contribution is 0.876.